The second-order valence-corrected chi connectivity index (χ2v) is 25.4. The number of phenols is 4. The summed E-state index contributed by atoms with van der Waals surface area (Å²) >= 11 is 0. The largest absolute Gasteiger partial charge is 0.508 e. The molecule has 0 saturated heterocycles. The highest BCUT2D eigenvalue weighted by atomic mass is 19.1. The molecular weight excluding hydrogens is 1270 g/mol. The van der Waals surface area contributed by atoms with E-state index in [1.807, 2.05) is 56.8 Å². The van der Waals surface area contributed by atoms with Gasteiger partial charge in [-0.2, -0.15) is 0 Å². The van der Waals surface area contributed by atoms with Gasteiger partial charge in [0.1, 0.15) is 48.0 Å². The Morgan fingerprint density at radius 1 is 0.465 bits per heavy atom. The Balaban J connectivity index is 0.000000119. The van der Waals surface area contributed by atoms with Crippen LogP contribution in [-0.2, 0) is 19.8 Å². The minimum absolute atomic E-state index is 0.0314. The van der Waals surface area contributed by atoms with Gasteiger partial charge in [0, 0.05) is 82.3 Å². The maximum atomic E-state index is 14.9. The fourth-order valence-electron chi connectivity index (χ4n) is 13.4. The van der Waals surface area contributed by atoms with Crippen LogP contribution in [-0.4, -0.2) is 79.3 Å². The van der Waals surface area contributed by atoms with E-state index in [0.717, 1.165) is 64.7 Å². The van der Waals surface area contributed by atoms with Crippen molar-refractivity contribution in [3.8, 4) is 79.0 Å². The minimum Gasteiger partial charge on any atom is -0.508 e. The summed E-state index contributed by atoms with van der Waals surface area (Å²) in [5.41, 5.74) is 9.51. The number of aliphatic hydroxyl groups is 3. The summed E-state index contributed by atoms with van der Waals surface area (Å²) in [5.74, 6) is -0.378. The van der Waals surface area contributed by atoms with Crippen molar-refractivity contribution >= 4 is 49.4 Å². The average molecular weight is 1340 g/mol. The SMILES string of the molecule is CNc1ncc(-c2ccc3c(CO)cc(=O)n(C4CC4)c3c2)cc1C.C[C@H]1COc2c(-c3ccc(O)cc3)c(F)cc3c(CO)cc(=O)n1c23.Cc1cc(=O)n2c3c(c(-c4ccc(O)cc4)c(F)cc13)OCC2C.O=c1cc(CO)c2cc(F)c(-c3ccc(O)c(O)c3)cc2n1C1CC1. The molecule has 7 aromatic carbocycles. The Hall–Kier alpha value is -11.2. The lowest BCUT2D eigenvalue weighted by Crippen LogP contribution is -2.31. The van der Waals surface area contributed by atoms with Gasteiger partial charge in [-0.1, -0.05) is 42.5 Å². The van der Waals surface area contributed by atoms with Crippen LogP contribution in [0.25, 0.3) is 88.1 Å². The molecule has 8 N–H and O–H groups in total. The Bertz CT molecular complexity index is 5490. The Morgan fingerprint density at radius 2 is 0.919 bits per heavy atom. The molecule has 12 aromatic rings. The van der Waals surface area contributed by atoms with Gasteiger partial charge in [-0.25, -0.2) is 18.2 Å². The normalized spacial score (nSPS) is 15.1. The van der Waals surface area contributed by atoms with Crippen molar-refractivity contribution in [2.24, 2.45) is 0 Å². The molecule has 2 saturated carbocycles. The van der Waals surface area contributed by atoms with Crippen molar-refractivity contribution in [2.75, 3.05) is 25.6 Å². The number of ether oxygens (including phenoxy) is 2. The number of hydrogen-bond donors (Lipinski definition) is 8. The standard InChI is InChI=1S/C20H21N3O2.2C19H16FNO4.C19H16FNO3/c1-12-7-14(10-22-20(12)21-2)13-3-6-17-15(11-24)9-19(25)23(16-4-5-16)18(17)8-13;1-10-9-25-19-17(11-2-4-13(23)5-3-11)15(20)7-14-12(8-22)6-16(24)21(10)18(14)19;20-15-7-14-11(9-22)6-19(25)21(12-2-3-12)16(14)8-13(15)10-1-4-17(23)18(24)5-10;1-10-7-16(23)21-11(2)9-24-19-17(12-3-5-13(22)6-4-12)15(20)8-14(10)18(19)21/h3,6-10,16,24H,4-5,11H2,1-2H3,(H,21,22);2-7,10,22-23H,8-9H2,1H3;1,4-8,12,22-24H,2-3,9H2;3-8,11,22H,9H2,1-2H3/t;10-;;/m.0../s1. The third-order valence-electron chi connectivity index (χ3n) is 18.5. The van der Waals surface area contributed by atoms with Gasteiger partial charge in [0.2, 0.25) is 0 Å². The molecule has 0 bridgehead atoms. The topological polar surface area (TPSA) is 273 Å². The molecule has 7 heterocycles. The zero-order chi connectivity index (χ0) is 70.0. The summed E-state index contributed by atoms with van der Waals surface area (Å²) in [5, 5.41) is 72.4. The average Bonchev–Trinajstić information content (AvgIpc) is 1.74. The number of nitrogens with one attached hydrogen (secondary N) is 1. The first-order valence-corrected chi connectivity index (χ1v) is 32.3. The molecule has 2 atom stereocenters. The summed E-state index contributed by atoms with van der Waals surface area (Å²) in [6, 6.07) is 36.1. The molecule has 506 valence electrons. The summed E-state index contributed by atoms with van der Waals surface area (Å²) in [6.45, 7) is 7.28. The van der Waals surface area contributed by atoms with E-state index in [1.54, 1.807) is 57.0 Å². The molecule has 0 spiro atoms. The molecule has 2 aliphatic carbocycles. The summed E-state index contributed by atoms with van der Waals surface area (Å²) < 4.78 is 62.9. The van der Waals surface area contributed by atoms with Crippen LogP contribution in [0.4, 0.5) is 19.0 Å². The van der Waals surface area contributed by atoms with Crippen molar-refractivity contribution < 1.29 is 58.4 Å². The molecular formula is C77H69F3N6O13. The first-order chi connectivity index (χ1) is 47.6. The molecule has 0 radical (unpaired) electrons. The summed E-state index contributed by atoms with van der Waals surface area (Å²) in [6.07, 6.45) is 5.69. The van der Waals surface area contributed by atoms with Gasteiger partial charge < -0.3 is 59.7 Å². The van der Waals surface area contributed by atoms with E-state index in [-0.39, 0.29) is 113 Å². The van der Waals surface area contributed by atoms with Crippen molar-refractivity contribution in [1.82, 2.24) is 23.3 Å². The lowest BCUT2D eigenvalue weighted by molar-refractivity contribution is 0.244. The van der Waals surface area contributed by atoms with Crippen LogP contribution in [0.15, 0.2) is 165 Å². The van der Waals surface area contributed by atoms with Gasteiger partial charge in [-0.3, -0.25) is 28.3 Å². The quantitative estimate of drug-likeness (QED) is 0.0591. The lowest BCUT2D eigenvalue weighted by Gasteiger charge is -2.28. The molecule has 16 rings (SSSR count). The van der Waals surface area contributed by atoms with Gasteiger partial charge in [0.25, 0.3) is 22.2 Å². The first-order valence-electron chi connectivity index (χ1n) is 32.3. The zero-order valence-corrected chi connectivity index (χ0v) is 54.5. The van der Waals surface area contributed by atoms with E-state index >= 15 is 0 Å². The van der Waals surface area contributed by atoms with Gasteiger partial charge in [0.15, 0.2) is 23.0 Å². The zero-order valence-electron chi connectivity index (χ0n) is 54.5. The molecule has 1 unspecified atom stereocenters. The number of halogens is 3. The van der Waals surface area contributed by atoms with Crippen LogP contribution in [0.2, 0.25) is 0 Å². The van der Waals surface area contributed by atoms with Crippen molar-refractivity contribution in [3.63, 3.8) is 0 Å². The Labute approximate surface area is 563 Å². The first kappa shape index (κ1) is 66.4. The van der Waals surface area contributed by atoms with Crippen molar-refractivity contribution in [2.45, 2.75) is 97.4 Å². The van der Waals surface area contributed by atoms with E-state index in [9.17, 15) is 68.1 Å². The van der Waals surface area contributed by atoms with Crippen LogP contribution < -0.4 is 37.0 Å². The van der Waals surface area contributed by atoms with Crippen molar-refractivity contribution in [3.05, 3.63) is 232 Å². The number of anilines is 1. The molecule has 19 nitrogen and oxygen atoms in total. The second-order valence-electron chi connectivity index (χ2n) is 25.4. The van der Waals surface area contributed by atoms with E-state index in [4.69, 9.17) is 9.47 Å². The maximum Gasteiger partial charge on any atom is 0.251 e. The van der Waals surface area contributed by atoms with Gasteiger partial charge in [-0.15, -0.1) is 0 Å². The molecule has 2 fully saturated rings. The predicted molar refractivity (Wildman–Crippen MR) is 373 cm³/mol. The number of aryl methyl sites for hydroxylation is 2. The van der Waals surface area contributed by atoms with Crippen LogP contribution in [0.3, 0.4) is 0 Å². The highest BCUT2D eigenvalue weighted by Crippen LogP contribution is 2.46. The van der Waals surface area contributed by atoms with E-state index in [2.05, 4.69) is 16.4 Å². The van der Waals surface area contributed by atoms with Crippen LogP contribution in [0, 0.1) is 31.3 Å². The highest BCUT2D eigenvalue weighted by Gasteiger charge is 2.32. The molecule has 2 aliphatic heterocycles. The predicted octanol–water partition coefficient (Wildman–Crippen LogP) is 13.0. The van der Waals surface area contributed by atoms with Crippen molar-refractivity contribution in [1.29, 1.82) is 0 Å². The summed E-state index contributed by atoms with van der Waals surface area (Å²) in [7, 11) is 1.86. The number of aliphatic hydroxyl groups excluding tert-OH is 3. The molecule has 0 amide bonds. The number of aromatic hydroxyl groups is 4. The lowest BCUT2D eigenvalue weighted by atomic mass is 9.97. The Morgan fingerprint density at radius 3 is 1.42 bits per heavy atom. The fraction of sp³-hybridized carbons (Fsp3) is 0.234. The van der Waals surface area contributed by atoms with Gasteiger partial charge in [0.05, 0.1) is 65.1 Å². The molecule has 5 aromatic heterocycles. The van der Waals surface area contributed by atoms with Crippen LogP contribution >= 0.6 is 0 Å². The summed E-state index contributed by atoms with van der Waals surface area (Å²) in [4.78, 5) is 54.3. The number of pyridine rings is 5. The number of benzene rings is 7. The molecule has 99 heavy (non-hydrogen) atoms. The second kappa shape index (κ2) is 26.7. The number of nitrogens with zero attached hydrogens (tertiary/aromatic N) is 5. The molecule has 4 aliphatic rings. The number of hydrogen-bond acceptors (Lipinski definition) is 15. The number of fused-ring (bicyclic) bond motifs is 2. The van der Waals surface area contributed by atoms with E-state index in [1.165, 1.54) is 78.9 Å². The van der Waals surface area contributed by atoms with E-state index < -0.39 is 17.5 Å². The van der Waals surface area contributed by atoms with Crippen LogP contribution in [0.5, 0.6) is 34.5 Å². The smallest absolute Gasteiger partial charge is 0.251 e. The van der Waals surface area contributed by atoms with Gasteiger partial charge >= 0.3 is 0 Å². The third-order valence-corrected chi connectivity index (χ3v) is 18.5. The highest BCUT2D eigenvalue weighted by molar-refractivity contribution is 5.97. The maximum absolute atomic E-state index is 14.9. The van der Waals surface area contributed by atoms with Crippen LogP contribution in [0.1, 0.15) is 91.5 Å². The number of phenolic OH excluding ortho intramolecular Hbond substituents is 4. The van der Waals surface area contributed by atoms with E-state index in [0.29, 0.717) is 84.0 Å². The Kier molecular flexibility index (Phi) is 17.9. The minimum atomic E-state index is -0.534. The van der Waals surface area contributed by atoms with Gasteiger partial charge in [-0.05, 0) is 176 Å². The number of rotatable bonds is 10. The third kappa shape index (κ3) is 12.5. The fourth-order valence-corrected chi connectivity index (χ4v) is 13.4. The molecule has 22 heteroatoms. The monoisotopic (exact) mass is 1340 g/mol. The number of aromatic nitrogens is 5.